The Morgan fingerprint density at radius 2 is 1.73 bits per heavy atom. The smallest absolute Gasteiger partial charge is 0.434 e. The Hall–Kier alpha value is -5.33. The van der Waals surface area contributed by atoms with Crippen molar-refractivity contribution in [3.63, 3.8) is 0 Å². The molecule has 1 N–H and O–H groups in total. The average molecular weight is 657 g/mol. The first-order valence-corrected chi connectivity index (χ1v) is 15.5. The van der Waals surface area contributed by atoms with Gasteiger partial charge in [0.15, 0.2) is 17.2 Å². The molecule has 13 heteroatoms. The number of ether oxygens (including phenoxy) is 1. The second kappa shape index (κ2) is 13.1. The molecule has 0 spiro atoms. The van der Waals surface area contributed by atoms with Crippen molar-refractivity contribution in [3.05, 3.63) is 95.5 Å². The van der Waals surface area contributed by atoms with Crippen LogP contribution >= 0.6 is 0 Å². The summed E-state index contributed by atoms with van der Waals surface area (Å²) in [5, 5.41) is 14.3. The van der Waals surface area contributed by atoms with E-state index in [1.165, 1.54) is 16.5 Å². The number of rotatable bonds is 7. The van der Waals surface area contributed by atoms with Gasteiger partial charge >= 0.3 is 6.18 Å². The Morgan fingerprint density at radius 3 is 2.35 bits per heavy atom. The van der Waals surface area contributed by atoms with Gasteiger partial charge in [0.05, 0.1) is 30.9 Å². The molecule has 0 amide bonds. The van der Waals surface area contributed by atoms with Gasteiger partial charge in [-0.15, -0.1) is 0 Å². The lowest BCUT2D eigenvalue weighted by atomic mass is 10.1. The van der Waals surface area contributed by atoms with E-state index in [0.717, 1.165) is 41.2 Å². The highest BCUT2D eigenvalue weighted by Crippen LogP contribution is 2.45. The number of methoxy groups -OCH3 is 1. The second-order valence-corrected chi connectivity index (χ2v) is 12.1. The van der Waals surface area contributed by atoms with Crippen LogP contribution in [0.5, 0.6) is 11.6 Å². The van der Waals surface area contributed by atoms with E-state index < -0.39 is 11.9 Å². The maximum Gasteiger partial charge on any atom is 0.434 e. The van der Waals surface area contributed by atoms with Crippen molar-refractivity contribution in [2.24, 2.45) is 0 Å². The SMILES string of the molecule is COc1ncnc(C2CC2)c1-c1ncc2cnn(Cc3ccc(-c4nc(C(F)(F)F)cn4C(C)C)cc3)c2n1.Cc1ccc(O)c(C)c1. The van der Waals surface area contributed by atoms with Gasteiger partial charge in [0.2, 0.25) is 5.88 Å². The van der Waals surface area contributed by atoms with Gasteiger partial charge in [0.25, 0.3) is 0 Å². The molecule has 248 valence electrons. The van der Waals surface area contributed by atoms with Gasteiger partial charge < -0.3 is 14.4 Å². The molecule has 48 heavy (non-hydrogen) atoms. The molecule has 0 aliphatic heterocycles. The zero-order valence-corrected chi connectivity index (χ0v) is 27.2. The largest absolute Gasteiger partial charge is 0.508 e. The lowest BCUT2D eigenvalue weighted by molar-refractivity contribution is -0.140. The molecule has 0 unspecified atom stereocenters. The van der Waals surface area contributed by atoms with Crippen LogP contribution in [0.3, 0.4) is 0 Å². The third kappa shape index (κ3) is 6.85. The molecule has 0 bridgehead atoms. The number of aromatic hydroxyl groups is 1. The van der Waals surface area contributed by atoms with Gasteiger partial charge in [-0.25, -0.2) is 29.6 Å². The normalized spacial score (nSPS) is 13.1. The Kier molecular flexibility index (Phi) is 8.87. The Bertz CT molecular complexity index is 2070. The van der Waals surface area contributed by atoms with E-state index in [-0.39, 0.29) is 11.9 Å². The van der Waals surface area contributed by atoms with Crippen molar-refractivity contribution in [3.8, 4) is 34.4 Å². The van der Waals surface area contributed by atoms with Gasteiger partial charge in [-0.1, -0.05) is 42.0 Å². The third-order valence-corrected chi connectivity index (χ3v) is 8.08. The molecule has 2 aromatic carbocycles. The number of fused-ring (bicyclic) bond motifs is 1. The highest BCUT2D eigenvalue weighted by Gasteiger charge is 2.35. The first kappa shape index (κ1) is 32.6. The summed E-state index contributed by atoms with van der Waals surface area (Å²) in [4.78, 5) is 22.0. The second-order valence-electron chi connectivity index (χ2n) is 12.1. The predicted octanol–water partition coefficient (Wildman–Crippen LogP) is 7.69. The summed E-state index contributed by atoms with van der Waals surface area (Å²) in [6, 6.07) is 12.6. The van der Waals surface area contributed by atoms with Crippen LogP contribution in [-0.2, 0) is 12.7 Å². The van der Waals surface area contributed by atoms with Crippen molar-refractivity contribution in [2.45, 2.75) is 65.2 Å². The summed E-state index contributed by atoms with van der Waals surface area (Å²) in [7, 11) is 1.56. The first-order valence-electron chi connectivity index (χ1n) is 15.5. The number of phenols is 1. The number of benzene rings is 2. The van der Waals surface area contributed by atoms with Crippen molar-refractivity contribution in [2.75, 3.05) is 7.11 Å². The number of aromatic nitrogens is 8. The predicted molar refractivity (Wildman–Crippen MR) is 175 cm³/mol. The van der Waals surface area contributed by atoms with Crippen LogP contribution < -0.4 is 4.74 Å². The summed E-state index contributed by atoms with van der Waals surface area (Å²) in [5.74, 6) is 1.90. The van der Waals surface area contributed by atoms with Gasteiger partial charge in [-0.05, 0) is 57.7 Å². The third-order valence-electron chi connectivity index (χ3n) is 8.08. The number of imidazole rings is 1. The maximum absolute atomic E-state index is 13.3. The Balaban J connectivity index is 0.000000388. The maximum atomic E-state index is 13.3. The fourth-order valence-corrected chi connectivity index (χ4v) is 5.39. The highest BCUT2D eigenvalue weighted by molar-refractivity contribution is 5.77. The zero-order valence-electron chi connectivity index (χ0n) is 27.2. The minimum absolute atomic E-state index is 0.179. The summed E-state index contributed by atoms with van der Waals surface area (Å²) in [5.41, 5.74) is 4.95. The monoisotopic (exact) mass is 656 g/mol. The minimum Gasteiger partial charge on any atom is -0.508 e. The molecular weight excluding hydrogens is 621 g/mol. The lowest BCUT2D eigenvalue weighted by Gasteiger charge is -2.12. The lowest BCUT2D eigenvalue weighted by Crippen LogP contribution is -2.05. The fraction of sp³-hybridized carbons (Fsp3) is 0.314. The van der Waals surface area contributed by atoms with Crippen molar-refractivity contribution in [1.82, 2.24) is 39.3 Å². The van der Waals surface area contributed by atoms with Crippen molar-refractivity contribution >= 4 is 11.0 Å². The van der Waals surface area contributed by atoms with Crippen LogP contribution in [0, 0.1) is 13.8 Å². The first-order chi connectivity index (χ1) is 22.9. The zero-order chi connectivity index (χ0) is 34.2. The van der Waals surface area contributed by atoms with Crippen LogP contribution in [0.2, 0.25) is 0 Å². The summed E-state index contributed by atoms with van der Waals surface area (Å²) in [6.07, 6.45) is 3.58. The van der Waals surface area contributed by atoms with E-state index >= 15 is 0 Å². The van der Waals surface area contributed by atoms with E-state index in [9.17, 15) is 13.2 Å². The van der Waals surface area contributed by atoms with E-state index in [1.54, 1.807) is 42.4 Å². The number of hydrogen-bond acceptors (Lipinski definition) is 8. The van der Waals surface area contributed by atoms with Gasteiger partial charge in [0, 0.05) is 29.9 Å². The van der Waals surface area contributed by atoms with E-state index in [1.807, 2.05) is 52.0 Å². The van der Waals surface area contributed by atoms with Crippen LogP contribution in [0.15, 0.2) is 67.4 Å². The number of alkyl halides is 3. The summed E-state index contributed by atoms with van der Waals surface area (Å²) < 4.78 is 48.7. The van der Waals surface area contributed by atoms with E-state index in [2.05, 4.69) is 25.0 Å². The summed E-state index contributed by atoms with van der Waals surface area (Å²) in [6.45, 7) is 7.95. The van der Waals surface area contributed by atoms with Gasteiger partial charge in [0.1, 0.15) is 23.5 Å². The molecule has 1 aliphatic rings. The number of aryl methyl sites for hydroxylation is 2. The van der Waals surface area contributed by atoms with Crippen LogP contribution in [-0.4, -0.2) is 51.5 Å². The molecule has 0 atom stereocenters. The molecular formula is C35H35F3N8O2. The van der Waals surface area contributed by atoms with Crippen LogP contribution in [0.4, 0.5) is 13.2 Å². The summed E-state index contributed by atoms with van der Waals surface area (Å²) >= 11 is 0. The number of phenolic OH excluding ortho intramolecular Hbond substituents is 1. The standard InChI is InChI=1S/C27H25F3N8O.C8H10O/c1-15(2)37-13-20(27(28,29)30)35-24(37)18-6-4-16(5-7-18)12-38-25-19(11-34-38)10-31-23(36-25)21-22(17-8-9-17)32-14-33-26(21)39-3;1-6-3-4-8(9)7(2)5-6/h4-7,10-11,13-15,17H,8-9,12H2,1-3H3;3-5,9H,1-2H3. The molecule has 6 aromatic rings. The molecule has 1 fully saturated rings. The van der Waals surface area contributed by atoms with Crippen molar-refractivity contribution in [1.29, 1.82) is 0 Å². The molecule has 0 radical (unpaired) electrons. The Labute approximate surface area is 275 Å². The molecule has 10 nitrogen and oxygen atoms in total. The molecule has 1 saturated carbocycles. The molecule has 0 saturated heterocycles. The minimum atomic E-state index is -4.51. The quantitative estimate of drug-likeness (QED) is 0.186. The number of hydrogen-bond donors (Lipinski definition) is 1. The van der Waals surface area contributed by atoms with Gasteiger partial charge in [-0.3, -0.25) is 0 Å². The molecule has 4 heterocycles. The van der Waals surface area contributed by atoms with Crippen LogP contribution in [0.25, 0.3) is 33.8 Å². The van der Waals surface area contributed by atoms with Crippen LogP contribution in [0.1, 0.15) is 66.7 Å². The molecule has 4 aromatic heterocycles. The average Bonchev–Trinajstić information content (AvgIpc) is 3.68. The highest BCUT2D eigenvalue weighted by atomic mass is 19.4. The number of halogens is 3. The van der Waals surface area contributed by atoms with E-state index in [0.29, 0.717) is 46.7 Å². The topological polar surface area (TPSA) is 117 Å². The van der Waals surface area contributed by atoms with E-state index in [4.69, 9.17) is 14.8 Å². The van der Waals surface area contributed by atoms with Crippen molar-refractivity contribution < 1.29 is 23.0 Å². The van der Waals surface area contributed by atoms with Gasteiger partial charge in [-0.2, -0.15) is 18.3 Å². The molecule has 1 aliphatic carbocycles. The fourth-order valence-electron chi connectivity index (χ4n) is 5.39. The molecule has 7 rings (SSSR count). The number of nitrogens with zero attached hydrogens (tertiary/aromatic N) is 8. The Morgan fingerprint density at radius 1 is 0.979 bits per heavy atom.